The van der Waals surface area contributed by atoms with E-state index in [4.69, 9.17) is 4.74 Å². The van der Waals surface area contributed by atoms with Gasteiger partial charge in [0.2, 0.25) is 0 Å². The highest BCUT2D eigenvalue weighted by atomic mass is 32.1. The average Bonchev–Trinajstić information content (AvgIpc) is 2.49. The maximum Gasteiger partial charge on any atom is 0.323 e. The van der Waals surface area contributed by atoms with Gasteiger partial charge in [-0.05, 0) is 13.8 Å². The van der Waals surface area contributed by atoms with Gasteiger partial charge in [0.25, 0.3) is 5.06 Å². The minimum Gasteiger partial charge on any atom is -0.479 e. The Balaban J connectivity index is 3.12. The van der Waals surface area contributed by atoms with E-state index >= 15 is 0 Å². The van der Waals surface area contributed by atoms with Crippen LogP contribution in [0.4, 0.5) is 5.69 Å². The van der Waals surface area contributed by atoms with Gasteiger partial charge in [0, 0.05) is 6.07 Å². The summed E-state index contributed by atoms with van der Waals surface area (Å²) in [6, 6.07) is 1.25. The molecule has 0 aliphatic heterocycles. The van der Waals surface area contributed by atoms with Crippen LogP contribution in [-0.2, 0) is 0 Å². The minimum atomic E-state index is -0.548. The largest absolute Gasteiger partial charge is 0.479 e. The number of carbonyl (C=O) groups is 1. The van der Waals surface area contributed by atoms with Gasteiger partial charge >= 0.3 is 5.69 Å². The zero-order valence-corrected chi connectivity index (χ0v) is 8.59. The molecule has 0 aromatic carbocycles. The number of carbonyl (C=O) groups excluding carboxylic acids is 1. The topological polar surface area (TPSA) is 69.4 Å². The summed E-state index contributed by atoms with van der Waals surface area (Å²) in [5, 5.41) is 10.8. The van der Waals surface area contributed by atoms with Crippen LogP contribution in [0.1, 0.15) is 23.5 Å². The molecule has 76 valence electrons. The van der Waals surface area contributed by atoms with E-state index < -0.39 is 4.92 Å². The Labute approximate surface area is 84.5 Å². The van der Waals surface area contributed by atoms with Crippen LogP contribution in [0.5, 0.6) is 5.06 Å². The molecule has 0 unspecified atom stereocenters. The Kier molecular flexibility index (Phi) is 3.19. The van der Waals surface area contributed by atoms with Gasteiger partial charge in [-0.1, -0.05) is 11.3 Å². The van der Waals surface area contributed by atoms with Gasteiger partial charge in [-0.15, -0.1) is 0 Å². The smallest absolute Gasteiger partial charge is 0.323 e. The van der Waals surface area contributed by atoms with Crippen molar-refractivity contribution >= 4 is 22.8 Å². The molecule has 0 aliphatic rings. The number of rotatable bonds is 4. The van der Waals surface area contributed by atoms with Crippen molar-refractivity contribution in [3.05, 3.63) is 21.1 Å². The van der Waals surface area contributed by atoms with E-state index in [0.717, 1.165) is 11.3 Å². The van der Waals surface area contributed by atoms with Crippen LogP contribution in [0.25, 0.3) is 0 Å². The molecule has 0 amide bonds. The van der Waals surface area contributed by atoms with Crippen molar-refractivity contribution in [2.24, 2.45) is 0 Å². The highest BCUT2D eigenvalue weighted by molar-refractivity contribution is 7.16. The number of ketones is 1. The van der Waals surface area contributed by atoms with Gasteiger partial charge in [0.15, 0.2) is 5.78 Å². The first-order valence-electron chi connectivity index (χ1n) is 3.98. The minimum absolute atomic E-state index is 0.137. The second-order valence-electron chi connectivity index (χ2n) is 2.53. The Morgan fingerprint density at radius 3 is 2.79 bits per heavy atom. The third kappa shape index (κ3) is 2.08. The number of nitro groups is 1. The Morgan fingerprint density at radius 2 is 2.36 bits per heavy atom. The molecule has 0 fully saturated rings. The predicted molar refractivity (Wildman–Crippen MR) is 52.1 cm³/mol. The van der Waals surface area contributed by atoms with Gasteiger partial charge < -0.3 is 4.74 Å². The maximum absolute atomic E-state index is 11.0. The quantitative estimate of drug-likeness (QED) is 0.439. The average molecular weight is 215 g/mol. The molecule has 14 heavy (non-hydrogen) atoms. The Bertz CT molecular complexity index is 371. The molecule has 5 nitrogen and oxygen atoms in total. The van der Waals surface area contributed by atoms with Crippen molar-refractivity contribution in [3.63, 3.8) is 0 Å². The van der Waals surface area contributed by atoms with E-state index in [2.05, 4.69) is 0 Å². The lowest BCUT2D eigenvalue weighted by atomic mass is 10.3. The standard InChI is InChI=1S/C8H9NO4S/c1-3-13-8-6(9(11)12)4-7(14-8)5(2)10/h4H,3H2,1-2H3. The zero-order chi connectivity index (χ0) is 10.7. The molecular formula is C8H9NO4S. The van der Waals surface area contributed by atoms with Crippen LogP contribution >= 0.6 is 11.3 Å². The summed E-state index contributed by atoms with van der Waals surface area (Å²) in [7, 11) is 0. The van der Waals surface area contributed by atoms with Gasteiger partial charge in [-0.25, -0.2) is 0 Å². The number of hydrogen-bond donors (Lipinski definition) is 0. The number of hydrogen-bond acceptors (Lipinski definition) is 5. The Morgan fingerprint density at radius 1 is 1.71 bits per heavy atom. The van der Waals surface area contributed by atoms with Crippen molar-refractivity contribution in [2.45, 2.75) is 13.8 Å². The number of Topliss-reactive ketones (excluding diaryl/α,β-unsaturated/α-hetero) is 1. The monoisotopic (exact) mass is 215 g/mol. The lowest BCUT2D eigenvalue weighted by Gasteiger charge is -1.96. The molecule has 0 atom stereocenters. The molecule has 0 bridgehead atoms. The summed E-state index contributed by atoms with van der Waals surface area (Å²) in [6.07, 6.45) is 0. The maximum atomic E-state index is 11.0. The first kappa shape index (κ1) is 10.6. The molecule has 1 aromatic rings. The first-order valence-corrected chi connectivity index (χ1v) is 4.79. The van der Waals surface area contributed by atoms with Gasteiger partial charge in [-0.2, -0.15) is 0 Å². The zero-order valence-electron chi connectivity index (χ0n) is 7.77. The lowest BCUT2D eigenvalue weighted by Crippen LogP contribution is -1.93. The molecule has 0 aliphatic carbocycles. The summed E-state index contributed by atoms with van der Waals surface area (Å²) in [5.41, 5.74) is -0.137. The first-order chi connectivity index (χ1) is 6.56. The summed E-state index contributed by atoms with van der Waals surface area (Å²) >= 11 is 1.01. The molecule has 0 saturated heterocycles. The highest BCUT2D eigenvalue weighted by Gasteiger charge is 2.21. The van der Waals surface area contributed by atoms with Crippen LogP contribution in [0, 0.1) is 10.1 Å². The third-order valence-electron chi connectivity index (χ3n) is 1.50. The summed E-state index contributed by atoms with van der Waals surface area (Å²) in [6.45, 7) is 3.45. The normalized spacial score (nSPS) is 9.86. The second kappa shape index (κ2) is 4.19. The summed E-state index contributed by atoms with van der Waals surface area (Å²) in [5.74, 6) is -0.191. The fourth-order valence-corrected chi connectivity index (χ4v) is 1.83. The van der Waals surface area contributed by atoms with Crippen molar-refractivity contribution in [1.29, 1.82) is 0 Å². The van der Waals surface area contributed by atoms with E-state index in [-0.39, 0.29) is 16.5 Å². The molecule has 6 heteroatoms. The van der Waals surface area contributed by atoms with E-state index in [1.54, 1.807) is 6.92 Å². The van der Waals surface area contributed by atoms with Crippen LogP contribution in [0.15, 0.2) is 6.07 Å². The van der Waals surface area contributed by atoms with E-state index in [1.165, 1.54) is 13.0 Å². The van der Waals surface area contributed by atoms with Crippen LogP contribution < -0.4 is 4.74 Å². The number of nitrogens with zero attached hydrogens (tertiary/aromatic N) is 1. The molecule has 1 rings (SSSR count). The highest BCUT2D eigenvalue weighted by Crippen LogP contribution is 2.36. The predicted octanol–water partition coefficient (Wildman–Crippen LogP) is 2.26. The summed E-state index contributed by atoms with van der Waals surface area (Å²) < 4.78 is 5.05. The van der Waals surface area contributed by atoms with Crippen molar-refractivity contribution in [1.82, 2.24) is 0 Å². The Hall–Kier alpha value is -1.43. The lowest BCUT2D eigenvalue weighted by molar-refractivity contribution is -0.385. The number of thiophene rings is 1. The molecule has 0 radical (unpaired) electrons. The van der Waals surface area contributed by atoms with Crippen LogP contribution in [0.3, 0.4) is 0 Å². The van der Waals surface area contributed by atoms with E-state index in [0.29, 0.717) is 11.5 Å². The SMILES string of the molecule is CCOc1sc(C(C)=O)cc1[N+](=O)[O-]. The fourth-order valence-electron chi connectivity index (χ4n) is 0.900. The molecule has 1 heterocycles. The third-order valence-corrected chi connectivity index (χ3v) is 2.64. The molecule has 0 N–H and O–H groups in total. The van der Waals surface area contributed by atoms with Crippen LogP contribution in [0.2, 0.25) is 0 Å². The van der Waals surface area contributed by atoms with E-state index in [9.17, 15) is 14.9 Å². The van der Waals surface area contributed by atoms with Crippen molar-refractivity contribution in [3.8, 4) is 5.06 Å². The fraction of sp³-hybridized carbons (Fsp3) is 0.375. The van der Waals surface area contributed by atoms with Gasteiger partial charge in [-0.3, -0.25) is 14.9 Å². The van der Waals surface area contributed by atoms with Crippen molar-refractivity contribution < 1.29 is 14.5 Å². The molecular weight excluding hydrogens is 206 g/mol. The van der Waals surface area contributed by atoms with Gasteiger partial charge in [0.1, 0.15) is 0 Å². The van der Waals surface area contributed by atoms with E-state index in [1.807, 2.05) is 0 Å². The molecule has 0 saturated carbocycles. The number of ether oxygens (including phenoxy) is 1. The van der Waals surface area contributed by atoms with Crippen molar-refractivity contribution in [2.75, 3.05) is 6.61 Å². The molecule has 1 aromatic heterocycles. The van der Waals surface area contributed by atoms with Crippen LogP contribution in [-0.4, -0.2) is 17.3 Å². The second-order valence-corrected chi connectivity index (χ2v) is 3.54. The summed E-state index contributed by atoms with van der Waals surface area (Å²) in [4.78, 5) is 21.3. The van der Waals surface area contributed by atoms with Gasteiger partial charge in [0.05, 0.1) is 16.4 Å². The molecule has 0 spiro atoms.